The van der Waals surface area contributed by atoms with Crippen LogP contribution in [0, 0.1) is 11.2 Å². The summed E-state index contributed by atoms with van der Waals surface area (Å²) in [4.78, 5) is 4.03. The smallest absolute Gasteiger partial charge is 0.219 e. The molecule has 0 aliphatic carbocycles. The molecule has 0 fully saturated rings. The second-order valence-corrected chi connectivity index (χ2v) is 4.02. The van der Waals surface area contributed by atoms with Crippen molar-refractivity contribution in [3.63, 3.8) is 0 Å². The lowest BCUT2D eigenvalue weighted by molar-refractivity contribution is 0.280. The zero-order valence-electron chi connectivity index (χ0n) is 10.9. The first kappa shape index (κ1) is 13.8. The number of methoxy groups -OCH3 is 1. The SMILES string of the molecule is COc1ncccc1COc1ccc(C(=N)N)cc1F. The largest absolute Gasteiger partial charge is 0.486 e. The standard InChI is InChI=1S/C14H14FN3O2/c1-19-14-10(3-2-6-18-14)8-20-12-5-4-9(13(16)17)7-11(12)15/h2-7H,8H2,1H3,(H3,16,17). The van der Waals surface area contributed by atoms with E-state index in [1.54, 1.807) is 18.3 Å². The van der Waals surface area contributed by atoms with Crippen LogP contribution in [0.5, 0.6) is 11.6 Å². The molecule has 104 valence electrons. The highest BCUT2D eigenvalue weighted by atomic mass is 19.1. The van der Waals surface area contributed by atoms with Crippen molar-refractivity contribution in [3.05, 3.63) is 53.5 Å². The highest BCUT2D eigenvalue weighted by molar-refractivity contribution is 5.95. The van der Waals surface area contributed by atoms with Crippen LogP contribution in [0.1, 0.15) is 11.1 Å². The Morgan fingerprint density at radius 2 is 2.20 bits per heavy atom. The number of rotatable bonds is 5. The van der Waals surface area contributed by atoms with E-state index < -0.39 is 5.82 Å². The number of ether oxygens (including phenoxy) is 2. The number of benzene rings is 1. The molecule has 0 radical (unpaired) electrons. The van der Waals surface area contributed by atoms with Crippen molar-refractivity contribution in [2.24, 2.45) is 5.73 Å². The van der Waals surface area contributed by atoms with Gasteiger partial charge in [-0.15, -0.1) is 0 Å². The molecule has 3 N–H and O–H groups in total. The van der Waals surface area contributed by atoms with E-state index >= 15 is 0 Å². The minimum atomic E-state index is -0.569. The quantitative estimate of drug-likeness (QED) is 0.646. The number of hydrogen-bond donors (Lipinski definition) is 2. The number of nitrogens with zero attached hydrogens (tertiary/aromatic N) is 1. The highest BCUT2D eigenvalue weighted by Gasteiger charge is 2.09. The number of hydrogen-bond acceptors (Lipinski definition) is 4. The minimum absolute atomic E-state index is 0.0842. The van der Waals surface area contributed by atoms with Crippen LogP contribution >= 0.6 is 0 Å². The fraction of sp³-hybridized carbons (Fsp3) is 0.143. The maximum absolute atomic E-state index is 13.8. The lowest BCUT2D eigenvalue weighted by Crippen LogP contribution is -2.11. The Morgan fingerprint density at radius 3 is 2.85 bits per heavy atom. The number of nitrogens with two attached hydrogens (primary N) is 1. The molecule has 6 heteroatoms. The van der Waals surface area contributed by atoms with Gasteiger partial charge < -0.3 is 15.2 Å². The second-order valence-electron chi connectivity index (χ2n) is 4.02. The summed E-state index contributed by atoms with van der Waals surface area (Å²) in [5.41, 5.74) is 6.31. The van der Waals surface area contributed by atoms with Crippen LogP contribution in [0.3, 0.4) is 0 Å². The van der Waals surface area contributed by atoms with Gasteiger partial charge in [0, 0.05) is 11.8 Å². The average Bonchev–Trinajstić information content (AvgIpc) is 2.46. The van der Waals surface area contributed by atoms with Gasteiger partial charge in [0.05, 0.1) is 12.7 Å². The Balaban J connectivity index is 2.13. The number of nitrogen functional groups attached to an aromatic ring is 1. The first-order valence-electron chi connectivity index (χ1n) is 5.86. The van der Waals surface area contributed by atoms with Gasteiger partial charge in [-0.25, -0.2) is 9.37 Å². The Kier molecular flexibility index (Phi) is 4.14. The molecule has 0 atom stereocenters. The van der Waals surface area contributed by atoms with Crippen molar-refractivity contribution >= 4 is 5.84 Å². The van der Waals surface area contributed by atoms with Crippen molar-refractivity contribution in [2.45, 2.75) is 6.61 Å². The van der Waals surface area contributed by atoms with E-state index in [4.69, 9.17) is 20.6 Å². The van der Waals surface area contributed by atoms with Gasteiger partial charge >= 0.3 is 0 Å². The van der Waals surface area contributed by atoms with E-state index in [1.807, 2.05) is 0 Å². The van der Waals surface area contributed by atoms with Crippen LogP contribution < -0.4 is 15.2 Å². The molecule has 0 spiro atoms. The normalized spacial score (nSPS) is 10.1. The number of amidine groups is 1. The molecule has 0 saturated carbocycles. The highest BCUT2D eigenvalue weighted by Crippen LogP contribution is 2.21. The molecule has 20 heavy (non-hydrogen) atoms. The van der Waals surface area contributed by atoms with Crippen LogP contribution in [0.25, 0.3) is 0 Å². The third kappa shape index (κ3) is 3.03. The molecule has 5 nitrogen and oxygen atoms in total. The molecule has 0 bridgehead atoms. The van der Waals surface area contributed by atoms with Crippen molar-refractivity contribution in [1.29, 1.82) is 5.41 Å². The van der Waals surface area contributed by atoms with Gasteiger partial charge in [-0.2, -0.15) is 0 Å². The predicted octanol–water partition coefficient (Wildman–Crippen LogP) is 2.09. The summed E-state index contributed by atoms with van der Waals surface area (Å²) in [5.74, 6) is -0.237. The molecule has 0 aliphatic rings. The molecule has 0 saturated heterocycles. The summed E-state index contributed by atoms with van der Waals surface area (Å²) in [6.45, 7) is 0.132. The fourth-order valence-corrected chi connectivity index (χ4v) is 1.66. The van der Waals surface area contributed by atoms with E-state index in [1.165, 1.54) is 19.2 Å². The molecule has 0 amide bonds. The Labute approximate surface area is 115 Å². The Morgan fingerprint density at radius 1 is 1.40 bits per heavy atom. The van der Waals surface area contributed by atoms with E-state index in [-0.39, 0.29) is 18.2 Å². The second kappa shape index (κ2) is 6.01. The van der Waals surface area contributed by atoms with Crippen molar-refractivity contribution < 1.29 is 13.9 Å². The molecule has 2 rings (SSSR count). The summed E-state index contributed by atoms with van der Waals surface area (Å²) in [5, 5.41) is 7.24. The molecular formula is C14H14FN3O2. The zero-order valence-corrected chi connectivity index (χ0v) is 10.9. The van der Waals surface area contributed by atoms with Crippen LogP contribution in [0.15, 0.2) is 36.5 Å². The number of halogens is 1. The van der Waals surface area contributed by atoms with Crippen molar-refractivity contribution in [1.82, 2.24) is 4.98 Å². The zero-order chi connectivity index (χ0) is 14.5. The predicted molar refractivity (Wildman–Crippen MR) is 72.5 cm³/mol. The van der Waals surface area contributed by atoms with E-state index in [0.717, 1.165) is 6.07 Å². The van der Waals surface area contributed by atoms with Crippen molar-refractivity contribution in [3.8, 4) is 11.6 Å². The molecule has 0 unspecified atom stereocenters. The van der Waals surface area contributed by atoms with Gasteiger partial charge in [0.2, 0.25) is 5.88 Å². The first-order valence-corrected chi connectivity index (χ1v) is 5.86. The summed E-state index contributed by atoms with van der Waals surface area (Å²) in [6.07, 6.45) is 1.60. The van der Waals surface area contributed by atoms with E-state index in [2.05, 4.69) is 4.98 Å². The maximum atomic E-state index is 13.8. The average molecular weight is 275 g/mol. The van der Waals surface area contributed by atoms with Crippen LogP contribution in [-0.2, 0) is 6.61 Å². The summed E-state index contributed by atoms with van der Waals surface area (Å²) >= 11 is 0. The molecular weight excluding hydrogens is 261 g/mol. The molecule has 2 aromatic rings. The first-order chi connectivity index (χ1) is 9.61. The van der Waals surface area contributed by atoms with Gasteiger partial charge in [0.25, 0.3) is 0 Å². The topological polar surface area (TPSA) is 81.2 Å². The lowest BCUT2D eigenvalue weighted by Gasteiger charge is -2.10. The Hall–Kier alpha value is -2.63. The molecule has 1 heterocycles. The monoisotopic (exact) mass is 275 g/mol. The van der Waals surface area contributed by atoms with Crippen LogP contribution in [0.4, 0.5) is 4.39 Å². The fourth-order valence-electron chi connectivity index (χ4n) is 1.66. The third-order valence-electron chi connectivity index (χ3n) is 2.67. The van der Waals surface area contributed by atoms with E-state index in [9.17, 15) is 4.39 Å². The molecule has 1 aromatic heterocycles. The van der Waals surface area contributed by atoms with Gasteiger partial charge in [-0.1, -0.05) is 0 Å². The Bertz CT molecular complexity index is 632. The number of aromatic nitrogens is 1. The minimum Gasteiger partial charge on any atom is -0.486 e. The van der Waals surface area contributed by atoms with E-state index in [0.29, 0.717) is 17.0 Å². The molecule has 1 aromatic carbocycles. The van der Waals surface area contributed by atoms with Crippen molar-refractivity contribution in [2.75, 3.05) is 7.11 Å². The van der Waals surface area contributed by atoms with Crippen LogP contribution in [0.2, 0.25) is 0 Å². The lowest BCUT2D eigenvalue weighted by atomic mass is 10.2. The van der Waals surface area contributed by atoms with Gasteiger partial charge in [-0.3, -0.25) is 5.41 Å². The van der Waals surface area contributed by atoms with Gasteiger partial charge in [-0.05, 0) is 30.3 Å². The third-order valence-corrected chi connectivity index (χ3v) is 2.67. The number of nitrogens with one attached hydrogen (secondary N) is 1. The van der Waals surface area contributed by atoms with Gasteiger partial charge in [0.1, 0.15) is 12.4 Å². The molecule has 0 aliphatic heterocycles. The number of pyridine rings is 1. The van der Waals surface area contributed by atoms with Crippen LogP contribution in [-0.4, -0.2) is 17.9 Å². The van der Waals surface area contributed by atoms with Gasteiger partial charge in [0.15, 0.2) is 11.6 Å². The summed E-state index contributed by atoms with van der Waals surface area (Å²) in [6, 6.07) is 7.67. The summed E-state index contributed by atoms with van der Waals surface area (Å²) in [7, 11) is 1.51. The maximum Gasteiger partial charge on any atom is 0.219 e. The summed E-state index contributed by atoms with van der Waals surface area (Å²) < 4.78 is 24.3.